The number of rotatable bonds is 11. The third kappa shape index (κ3) is 7.15. The quantitative estimate of drug-likeness (QED) is 0.174. The summed E-state index contributed by atoms with van der Waals surface area (Å²) in [6.07, 6.45) is 3.12. The summed E-state index contributed by atoms with van der Waals surface area (Å²) in [6.45, 7) is 5.56. The Labute approximate surface area is 214 Å². The highest BCUT2D eigenvalue weighted by Crippen LogP contribution is 2.33. The van der Waals surface area contributed by atoms with Crippen LogP contribution in [0, 0.1) is 21.8 Å². The number of aryl methyl sites for hydroxylation is 1. The molecule has 0 fully saturated rings. The average molecular weight is 629 g/mol. The van der Waals surface area contributed by atoms with Gasteiger partial charge in [-0.05, 0) is 63.1 Å². The lowest BCUT2D eigenvalue weighted by Gasteiger charge is -2.13. The minimum atomic E-state index is -0.515. The highest BCUT2D eigenvalue weighted by atomic mass is 127. The van der Waals surface area contributed by atoms with Crippen molar-refractivity contribution in [2.75, 3.05) is 27.4 Å². The van der Waals surface area contributed by atoms with Crippen LogP contribution in [-0.4, -0.2) is 44.5 Å². The zero-order chi connectivity index (χ0) is 24.4. The molecule has 0 aliphatic carbocycles. The van der Waals surface area contributed by atoms with E-state index < -0.39 is 5.91 Å². The zero-order valence-electron chi connectivity index (χ0n) is 18.3. The molecule has 2 aromatic rings. The van der Waals surface area contributed by atoms with E-state index in [2.05, 4.69) is 66.7 Å². The van der Waals surface area contributed by atoms with Crippen LogP contribution in [-0.2, 0) is 16.1 Å². The third-order valence-electron chi connectivity index (χ3n) is 4.11. The van der Waals surface area contributed by atoms with Crippen molar-refractivity contribution in [3.8, 4) is 23.4 Å². The summed E-state index contributed by atoms with van der Waals surface area (Å²) in [5, 5.41) is 13.5. The fourth-order valence-electron chi connectivity index (χ4n) is 2.66. The Morgan fingerprint density at radius 2 is 2.15 bits per heavy atom. The Hall–Kier alpha value is -2.69. The zero-order valence-corrected chi connectivity index (χ0v) is 22.0. The van der Waals surface area contributed by atoms with Crippen molar-refractivity contribution in [1.82, 2.24) is 10.4 Å². The summed E-state index contributed by atoms with van der Waals surface area (Å²) in [6, 6.07) is 5.62. The molecule has 9 nitrogen and oxygen atoms in total. The number of benzene rings is 1. The van der Waals surface area contributed by atoms with Gasteiger partial charge < -0.3 is 18.9 Å². The first-order valence-electron chi connectivity index (χ1n) is 9.50. The van der Waals surface area contributed by atoms with E-state index in [0.717, 1.165) is 3.57 Å². The molecule has 0 aliphatic heterocycles. The maximum atomic E-state index is 12.2. The number of hydrazone groups is 1. The lowest BCUT2D eigenvalue weighted by molar-refractivity contribution is -0.123. The molecule has 0 spiro atoms. The molecule has 2 rings (SSSR count). The van der Waals surface area contributed by atoms with Gasteiger partial charge in [0.05, 0.1) is 29.2 Å². The van der Waals surface area contributed by atoms with E-state index in [1.807, 2.05) is 6.07 Å². The molecule has 1 amide bonds. The Morgan fingerprint density at radius 3 is 2.79 bits per heavy atom. The fraction of sp³-hybridized carbons (Fsp3) is 0.273. The summed E-state index contributed by atoms with van der Waals surface area (Å²) < 4.78 is 23.1. The van der Waals surface area contributed by atoms with Crippen molar-refractivity contribution in [3.05, 3.63) is 55.2 Å². The van der Waals surface area contributed by atoms with Crippen LogP contribution >= 0.6 is 38.5 Å². The molecule has 0 aliphatic rings. The summed E-state index contributed by atoms with van der Waals surface area (Å²) in [5.41, 5.74) is 4.49. The number of aromatic nitrogens is 1. The van der Waals surface area contributed by atoms with Crippen LogP contribution in [0.15, 0.2) is 34.4 Å². The maximum Gasteiger partial charge on any atom is 0.278 e. The van der Waals surface area contributed by atoms with E-state index in [1.165, 1.54) is 20.4 Å². The number of nitrogens with one attached hydrogen (secondary N) is 1. The van der Waals surface area contributed by atoms with Gasteiger partial charge in [-0.1, -0.05) is 12.7 Å². The second kappa shape index (κ2) is 13.1. The lowest BCUT2D eigenvalue weighted by atomic mass is 10.1. The molecule has 11 heteroatoms. The van der Waals surface area contributed by atoms with Gasteiger partial charge >= 0.3 is 0 Å². The van der Waals surface area contributed by atoms with Gasteiger partial charge in [0.1, 0.15) is 18.2 Å². The standard InChI is InChI=1S/C22H22BrIN4O5/c1-5-6-32-21-17(24)7-14(8-18(21)31-4)10-26-28-19(29)12-33-22-15(9-25)16(11-30-3)20(23)13(2)27-22/h5,7-8,10H,1,6,11-12H2,2-4H3,(H,28,29)/b26-10-. The van der Waals surface area contributed by atoms with E-state index in [9.17, 15) is 10.1 Å². The minimum Gasteiger partial charge on any atom is -0.493 e. The van der Waals surface area contributed by atoms with Crippen molar-refractivity contribution in [1.29, 1.82) is 5.26 Å². The minimum absolute atomic E-state index is 0.0544. The van der Waals surface area contributed by atoms with Crippen LogP contribution in [0.1, 0.15) is 22.4 Å². The van der Waals surface area contributed by atoms with Gasteiger partial charge in [-0.3, -0.25) is 4.79 Å². The number of hydrogen-bond acceptors (Lipinski definition) is 8. The molecule has 0 unspecified atom stereocenters. The number of halogens is 2. The normalized spacial score (nSPS) is 10.5. The monoisotopic (exact) mass is 628 g/mol. The van der Waals surface area contributed by atoms with Crippen LogP contribution in [0.4, 0.5) is 0 Å². The maximum absolute atomic E-state index is 12.2. The molecule has 1 aromatic carbocycles. The third-order valence-corrected chi connectivity index (χ3v) is 5.96. The summed E-state index contributed by atoms with van der Waals surface area (Å²) in [4.78, 5) is 16.4. The molecule has 0 saturated carbocycles. The molecule has 33 heavy (non-hydrogen) atoms. The predicted octanol–water partition coefficient (Wildman–Crippen LogP) is 3.88. The fourth-order valence-corrected chi connectivity index (χ4v) is 3.84. The first-order chi connectivity index (χ1) is 15.9. The number of carbonyl (C=O) groups is 1. The van der Waals surface area contributed by atoms with Crippen LogP contribution in [0.5, 0.6) is 17.4 Å². The molecule has 1 aromatic heterocycles. The number of nitriles is 1. The SMILES string of the molecule is C=CCOc1c(I)cc(/C=N\NC(=O)COc2nc(C)c(Br)c(COC)c2C#N)cc1OC. The Balaban J connectivity index is 2.06. The van der Waals surface area contributed by atoms with Crippen molar-refractivity contribution < 1.29 is 23.7 Å². The number of nitrogens with zero attached hydrogens (tertiary/aromatic N) is 3. The van der Waals surface area contributed by atoms with E-state index >= 15 is 0 Å². The summed E-state index contributed by atoms with van der Waals surface area (Å²) in [5.74, 6) is 0.677. The molecule has 1 heterocycles. The highest BCUT2D eigenvalue weighted by Gasteiger charge is 2.18. The van der Waals surface area contributed by atoms with Crippen LogP contribution in [0.3, 0.4) is 0 Å². The van der Waals surface area contributed by atoms with Crippen molar-refractivity contribution in [2.24, 2.45) is 5.10 Å². The van der Waals surface area contributed by atoms with Crippen LogP contribution in [0.25, 0.3) is 0 Å². The van der Waals surface area contributed by atoms with Gasteiger partial charge in [-0.25, -0.2) is 10.4 Å². The molecular formula is C22H22BrIN4O5. The van der Waals surface area contributed by atoms with Crippen molar-refractivity contribution >= 4 is 50.6 Å². The number of amides is 1. The van der Waals surface area contributed by atoms with Crippen molar-refractivity contribution in [2.45, 2.75) is 13.5 Å². The van der Waals surface area contributed by atoms with Gasteiger partial charge in [0, 0.05) is 17.1 Å². The second-order valence-electron chi connectivity index (χ2n) is 6.43. The van der Waals surface area contributed by atoms with Gasteiger partial charge in [0.25, 0.3) is 5.91 Å². The highest BCUT2D eigenvalue weighted by molar-refractivity contribution is 14.1. The number of ether oxygens (including phenoxy) is 4. The smallest absolute Gasteiger partial charge is 0.278 e. The second-order valence-corrected chi connectivity index (χ2v) is 8.39. The summed E-state index contributed by atoms with van der Waals surface area (Å²) in [7, 11) is 3.06. The van der Waals surface area contributed by atoms with E-state index in [1.54, 1.807) is 19.1 Å². The molecule has 0 radical (unpaired) electrons. The number of pyridine rings is 1. The lowest BCUT2D eigenvalue weighted by Crippen LogP contribution is -2.25. The largest absolute Gasteiger partial charge is 0.493 e. The summed E-state index contributed by atoms with van der Waals surface area (Å²) >= 11 is 5.53. The molecule has 0 saturated heterocycles. The van der Waals surface area contributed by atoms with E-state index in [4.69, 9.17) is 18.9 Å². The molecule has 1 N–H and O–H groups in total. The van der Waals surface area contributed by atoms with Gasteiger partial charge in [0.2, 0.25) is 5.88 Å². The van der Waals surface area contributed by atoms with Crippen LogP contribution < -0.4 is 19.6 Å². The molecule has 0 bridgehead atoms. The van der Waals surface area contributed by atoms with Gasteiger partial charge in [-0.15, -0.1) is 0 Å². The van der Waals surface area contributed by atoms with Crippen LogP contribution in [0.2, 0.25) is 0 Å². The number of hydrogen-bond donors (Lipinski definition) is 1. The molecular weight excluding hydrogens is 607 g/mol. The topological polar surface area (TPSA) is 115 Å². The van der Waals surface area contributed by atoms with Gasteiger partial charge in [0.15, 0.2) is 18.1 Å². The number of methoxy groups -OCH3 is 2. The molecule has 0 atom stereocenters. The first-order valence-corrected chi connectivity index (χ1v) is 11.4. The van der Waals surface area contributed by atoms with E-state index in [-0.39, 0.29) is 24.7 Å². The molecule has 174 valence electrons. The van der Waals surface area contributed by atoms with E-state index in [0.29, 0.717) is 39.4 Å². The Kier molecular flexibility index (Phi) is 10.6. The van der Waals surface area contributed by atoms with Crippen molar-refractivity contribution in [3.63, 3.8) is 0 Å². The Morgan fingerprint density at radius 1 is 1.39 bits per heavy atom. The number of carbonyl (C=O) groups excluding carboxylic acids is 1. The van der Waals surface area contributed by atoms with Gasteiger partial charge in [-0.2, -0.15) is 10.4 Å². The Bertz CT molecular complexity index is 1100. The first kappa shape index (κ1) is 26.6. The predicted molar refractivity (Wildman–Crippen MR) is 135 cm³/mol. The average Bonchev–Trinajstić information content (AvgIpc) is 2.80.